The molecule has 1 fully saturated rings. The maximum atomic E-state index is 13.2. The third-order valence-corrected chi connectivity index (χ3v) is 7.37. The van der Waals surface area contributed by atoms with E-state index in [-0.39, 0.29) is 36.2 Å². The molecule has 1 unspecified atom stereocenters. The van der Waals surface area contributed by atoms with E-state index in [0.29, 0.717) is 49.8 Å². The van der Waals surface area contributed by atoms with Gasteiger partial charge in [-0.05, 0) is 26.2 Å². The molecule has 0 aliphatic carbocycles. The zero-order chi connectivity index (χ0) is 23.3. The van der Waals surface area contributed by atoms with Gasteiger partial charge in [-0.1, -0.05) is 5.16 Å². The van der Waals surface area contributed by atoms with Crippen LogP contribution in [-0.4, -0.2) is 68.2 Å². The van der Waals surface area contributed by atoms with Crippen molar-refractivity contribution in [2.45, 2.75) is 50.0 Å². The number of carbonyl (C=O) groups excluding carboxylic acids is 1. The highest BCUT2D eigenvalue weighted by atomic mass is 32.2. The van der Waals surface area contributed by atoms with E-state index >= 15 is 0 Å². The molecule has 13 heteroatoms. The molecule has 0 saturated carbocycles. The third-order valence-electron chi connectivity index (χ3n) is 5.52. The Morgan fingerprint density at radius 1 is 1.21 bits per heavy atom. The Labute approximate surface area is 191 Å². The van der Waals surface area contributed by atoms with E-state index in [4.69, 9.17) is 4.52 Å². The van der Waals surface area contributed by atoms with E-state index in [9.17, 15) is 13.2 Å². The van der Waals surface area contributed by atoms with Crippen LogP contribution in [0.3, 0.4) is 0 Å². The number of aromatic nitrogens is 6. The number of hydrogen-bond acceptors (Lipinski definition) is 9. The lowest BCUT2D eigenvalue weighted by Gasteiger charge is -2.21. The Hall–Kier alpha value is -3.19. The fourth-order valence-corrected chi connectivity index (χ4v) is 5.11. The number of nitrogens with zero attached hydrogens (tertiary/aromatic N) is 7. The van der Waals surface area contributed by atoms with Gasteiger partial charge in [-0.25, -0.2) is 13.4 Å². The molecule has 4 heterocycles. The summed E-state index contributed by atoms with van der Waals surface area (Å²) in [7, 11) is -3.76. The van der Waals surface area contributed by atoms with E-state index in [2.05, 4.69) is 30.5 Å². The Bertz CT molecular complexity index is 1180. The van der Waals surface area contributed by atoms with E-state index in [1.165, 1.54) is 16.7 Å². The van der Waals surface area contributed by atoms with Gasteiger partial charge in [0.2, 0.25) is 27.6 Å². The summed E-state index contributed by atoms with van der Waals surface area (Å²) in [6, 6.07) is 0. The second-order valence-corrected chi connectivity index (χ2v) is 9.65. The first-order valence-corrected chi connectivity index (χ1v) is 12.3. The number of aryl methyl sites for hydroxylation is 1. The largest absolute Gasteiger partial charge is 0.356 e. The van der Waals surface area contributed by atoms with Crippen molar-refractivity contribution in [1.29, 1.82) is 0 Å². The van der Waals surface area contributed by atoms with Gasteiger partial charge in [0.1, 0.15) is 10.6 Å². The summed E-state index contributed by atoms with van der Waals surface area (Å²) < 4.78 is 34.7. The van der Waals surface area contributed by atoms with Gasteiger partial charge in [-0.3, -0.25) is 14.5 Å². The smallest absolute Gasteiger partial charge is 0.246 e. The van der Waals surface area contributed by atoms with Crippen molar-refractivity contribution in [2.75, 3.05) is 19.6 Å². The molecule has 1 N–H and O–H groups in total. The zero-order valence-electron chi connectivity index (χ0n) is 18.3. The van der Waals surface area contributed by atoms with Crippen molar-refractivity contribution in [1.82, 2.24) is 39.5 Å². The molecule has 0 bridgehead atoms. The summed E-state index contributed by atoms with van der Waals surface area (Å²) in [5.74, 6) is 0.441. The minimum absolute atomic E-state index is 0.0865. The molecule has 3 aromatic rings. The van der Waals surface area contributed by atoms with Gasteiger partial charge in [0.25, 0.3) is 0 Å². The number of amides is 1. The van der Waals surface area contributed by atoms with Crippen molar-refractivity contribution >= 4 is 15.9 Å². The molecule has 0 spiro atoms. The minimum Gasteiger partial charge on any atom is -0.356 e. The first kappa shape index (κ1) is 23.0. The minimum atomic E-state index is -3.76. The van der Waals surface area contributed by atoms with Gasteiger partial charge >= 0.3 is 0 Å². The Morgan fingerprint density at radius 2 is 2.09 bits per heavy atom. The SMILES string of the molecule is CCn1cc(S(=O)(=O)N2CCCC(c3nc(-c4cnccn4)no3)CCNC(=O)CC2)cn1. The summed E-state index contributed by atoms with van der Waals surface area (Å²) in [4.78, 5) is 25.1. The van der Waals surface area contributed by atoms with E-state index in [1.807, 2.05) is 6.92 Å². The van der Waals surface area contributed by atoms with E-state index in [0.717, 1.165) is 0 Å². The Balaban J connectivity index is 1.51. The number of nitrogens with one attached hydrogen (secondary N) is 1. The first-order valence-electron chi connectivity index (χ1n) is 10.9. The highest BCUT2D eigenvalue weighted by molar-refractivity contribution is 7.89. The van der Waals surface area contributed by atoms with Crippen molar-refractivity contribution in [2.24, 2.45) is 0 Å². The second kappa shape index (κ2) is 10.2. The Kier molecular flexibility index (Phi) is 7.08. The van der Waals surface area contributed by atoms with Crippen LogP contribution in [0.15, 0.2) is 40.4 Å². The molecule has 1 saturated heterocycles. The van der Waals surface area contributed by atoms with Crippen LogP contribution in [0.5, 0.6) is 0 Å². The molecule has 1 aliphatic rings. The maximum absolute atomic E-state index is 13.2. The molecule has 0 radical (unpaired) electrons. The molecule has 1 atom stereocenters. The van der Waals surface area contributed by atoms with Crippen molar-refractivity contribution in [3.8, 4) is 11.5 Å². The molecule has 0 aromatic carbocycles. The highest BCUT2D eigenvalue weighted by Crippen LogP contribution is 2.26. The molecule has 33 heavy (non-hydrogen) atoms. The van der Waals surface area contributed by atoms with Gasteiger partial charge in [0, 0.05) is 57.1 Å². The van der Waals surface area contributed by atoms with Crippen molar-refractivity contribution in [3.05, 3.63) is 36.9 Å². The monoisotopic (exact) mass is 474 g/mol. The second-order valence-electron chi connectivity index (χ2n) is 7.71. The molecule has 3 aromatic heterocycles. The van der Waals surface area contributed by atoms with Gasteiger partial charge in [-0.2, -0.15) is 14.4 Å². The van der Waals surface area contributed by atoms with Crippen LogP contribution in [0.4, 0.5) is 0 Å². The molecule has 12 nitrogen and oxygen atoms in total. The quantitative estimate of drug-likeness (QED) is 0.575. The number of carbonyl (C=O) groups is 1. The summed E-state index contributed by atoms with van der Waals surface area (Å²) in [5.41, 5.74) is 0.502. The molecule has 1 amide bonds. The van der Waals surface area contributed by atoms with Crippen molar-refractivity contribution < 1.29 is 17.7 Å². The lowest BCUT2D eigenvalue weighted by molar-refractivity contribution is -0.121. The van der Waals surface area contributed by atoms with Crippen LogP contribution in [-0.2, 0) is 21.4 Å². The number of sulfonamides is 1. The third kappa shape index (κ3) is 5.42. The predicted octanol–water partition coefficient (Wildman–Crippen LogP) is 1.21. The molecular formula is C20H26N8O4S. The van der Waals surface area contributed by atoms with Crippen molar-refractivity contribution in [3.63, 3.8) is 0 Å². The van der Waals surface area contributed by atoms with Crippen LogP contribution in [0.2, 0.25) is 0 Å². The van der Waals surface area contributed by atoms with Crippen LogP contribution >= 0.6 is 0 Å². The number of rotatable bonds is 5. The normalized spacial score (nSPS) is 19.1. The molecular weight excluding hydrogens is 448 g/mol. The van der Waals surface area contributed by atoms with Crippen LogP contribution in [0.1, 0.15) is 44.4 Å². The summed E-state index contributed by atoms with van der Waals surface area (Å²) in [5, 5.41) is 10.9. The molecule has 176 valence electrons. The lowest BCUT2D eigenvalue weighted by Crippen LogP contribution is -2.35. The maximum Gasteiger partial charge on any atom is 0.246 e. The molecule has 1 aliphatic heterocycles. The van der Waals surface area contributed by atoms with E-state index in [1.54, 1.807) is 23.3 Å². The van der Waals surface area contributed by atoms with Gasteiger partial charge < -0.3 is 9.84 Å². The Morgan fingerprint density at radius 3 is 2.85 bits per heavy atom. The number of hydrogen-bond donors (Lipinski definition) is 1. The predicted molar refractivity (Wildman–Crippen MR) is 116 cm³/mol. The summed E-state index contributed by atoms with van der Waals surface area (Å²) >= 11 is 0. The first-order chi connectivity index (χ1) is 16.0. The van der Waals surface area contributed by atoms with Crippen LogP contribution < -0.4 is 5.32 Å². The standard InChI is InChI=1S/C20H26N8O4S/c1-2-27-14-16(12-24-27)33(30,31)28-10-3-4-15(5-7-23-18(29)6-11-28)20-25-19(26-32-20)17-13-21-8-9-22-17/h8-9,12-15H,2-7,10-11H2,1H3,(H,23,29). The zero-order valence-corrected chi connectivity index (χ0v) is 19.1. The van der Waals surface area contributed by atoms with E-state index < -0.39 is 10.0 Å². The van der Waals surface area contributed by atoms with Crippen LogP contribution in [0, 0.1) is 0 Å². The van der Waals surface area contributed by atoms with Crippen LogP contribution in [0.25, 0.3) is 11.5 Å². The fourth-order valence-electron chi connectivity index (χ4n) is 3.68. The molecule has 4 rings (SSSR count). The topological polar surface area (TPSA) is 149 Å². The average Bonchev–Trinajstić information content (AvgIpc) is 3.50. The lowest BCUT2D eigenvalue weighted by atomic mass is 9.99. The average molecular weight is 475 g/mol. The van der Waals surface area contributed by atoms with Gasteiger partial charge in [0.05, 0.1) is 12.4 Å². The summed E-state index contributed by atoms with van der Waals surface area (Å²) in [6.45, 7) is 3.26. The fraction of sp³-hybridized carbons (Fsp3) is 0.500. The summed E-state index contributed by atoms with van der Waals surface area (Å²) in [6.07, 6.45) is 9.40. The highest BCUT2D eigenvalue weighted by Gasteiger charge is 2.28. The van der Waals surface area contributed by atoms with Gasteiger partial charge in [0.15, 0.2) is 0 Å². The van der Waals surface area contributed by atoms with Gasteiger partial charge in [-0.15, -0.1) is 0 Å².